The lowest BCUT2D eigenvalue weighted by Gasteiger charge is -2.28. The van der Waals surface area contributed by atoms with Crippen LogP contribution in [0.2, 0.25) is 0 Å². The van der Waals surface area contributed by atoms with Crippen molar-refractivity contribution >= 4 is 33.4 Å². The first-order valence-corrected chi connectivity index (χ1v) is 13.3. The normalized spacial score (nSPS) is 17.0. The van der Waals surface area contributed by atoms with Gasteiger partial charge in [0, 0.05) is 23.1 Å². The molecular weight excluding hydrogens is 532 g/mol. The fraction of sp³-hybridized carbons (Fsp3) is 0.267. The zero-order chi connectivity index (χ0) is 26.4. The van der Waals surface area contributed by atoms with Crippen molar-refractivity contribution in [3.8, 4) is 5.75 Å². The summed E-state index contributed by atoms with van der Waals surface area (Å²) < 4.78 is 6.68. The zero-order valence-electron chi connectivity index (χ0n) is 21.1. The predicted octanol–water partition coefficient (Wildman–Crippen LogP) is 5.79. The second-order valence-corrected chi connectivity index (χ2v) is 9.79. The van der Waals surface area contributed by atoms with E-state index in [1.165, 1.54) is 0 Å². The lowest BCUT2D eigenvalue weighted by molar-refractivity contribution is -0.140. The van der Waals surface area contributed by atoms with E-state index in [1.807, 2.05) is 54.6 Å². The van der Waals surface area contributed by atoms with Crippen LogP contribution in [0.3, 0.4) is 0 Å². The number of aliphatic hydroxyl groups is 1. The highest BCUT2D eigenvalue weighted by molar-refractivity contribution is 9.10. The molecule has 0 radical (unpaired) electrons. The van der Waals surface area contributed by atoms with Crippen LogP contribution in [0.25, 0.3) is 5.76 Å². The van der Waals surface area contributed by atoms with Crippen LogP contribution in [-0.4, -0.2) is 52.8 Å². The summed E-state index contributed by atoms with van der Waals surface area (Å²) in [6, 6.07) is 23.6. The summed E-state index contributed by atoms with van der Waals surface area (Å²) in [4.78, 5) is 30.2. The van der Waals surface area contributed by atoms with Crippen molar-refractivity contribution in [3.63, 3.8) is 0 Å². The molecular formula is C30H31BrN2O4. The van der Waals surface area contributed by atoms with Gasteiger partial charge in [-0.15, -0.1) is 0 Å². The Balaban J connectivity index is 1.65. The van der Waals surface area contributed by atoms with Crippen LogP contribution in [0.1, 0.15) is 36.6 Å². The molecule has 4 rings (SSSR count). The van der Waals surface area contributed by atoms with Gasteiger partial charge in [-0.25, -0.2) is 0 Å². The van der Waals surface area contributed by atoms with Gasteiger partial charge in [-0.05, 0) is 60.6 Å². The molecule has 1 heterocycles. The molecule has 6 nitrogen and oxygen atoms in total. The minimum atomic E-state index is -0.679. The van der Waals surface area contributed by atoms with Crippen molar-refractivity contribution in [2.45, 2.75) is 26.5 Å². The molecule has 1 N–H and O–H groups in total. The van der Waals surface area contributed by atoms with Crippen molar-refractivity contribution in [3.05, 3.63) is 106 Å². The largest absolute Gasteiger partial charge is 0.507 e. The smallest absolute Gasteiger partial charge is 0.295 e. The number of rotatable bonds is 10. The highest BCUT2D eigenvalue weighted by Gasteiger charge is 2.46. The zero-order valence-corrected chi connectivity index (χ0v) is 22.6. The number of ketones is 1. The number of carbonyl (C=O) groups is 2. The van der Waals surface area contributed by atoms with Gasteiger partial charge in [-0.1, -0.05) is 72.2 Å². The lowest BCUT2D eigenvalue weighted by Crippen LogP contribution is -2.38. The average Bonchev–Trinajstić information content (AvgIpc) is 3.18. The van der Waals surface area contributed by atoms with Crippen LogP contribution >= 0.6 is 15.9 Å². The summed E-state index contributed by atoms with van der Waals surface area (Å²) in [5.41, 5.74) is 2.36. The molecule has 1 aliphatic heterocycles. The maximum atomic E-state index is 13.3. The second kappa shape index (κ2) is 12.2. The van der Waals surface area contributed by atoms with E-state index in [2.05, 4.69) is 34.7 Å². The lowest BCUT2D eigenvalue weighted by atomic mass is 9.95. The van der Waals surface area contributed by atoms with E-state index in [0.29, 0.717) is 31.0 Å². The Morgan fingerprint density at radius 2 is 1.68 bits per heavy atom. The second-order valence-electron chi connectivity index (χ2n) is 8.87. The van der Waals surface area contributed by atoms with Gasteiger partial charge in [0.1, 0.15) is 18.1 Å². The van der Waals surface area contributed by atoms with Crippen molar-refractivity contribution in [2.75, 3.05) is 26.2 Å². The van der Waals surface area contributed by atoms with E-state index < -0.39 is 17.7 Å². The fourth-order valence-electron chi connectivity index (χ4n) is 4.53. The van der Waals surface area contributed by atoms with E-state index in [0.717, 1.165) is 28.7 Å². The maximum absolute atomic E-state index is 13.3. The number of halogens is 1. The molecule has 0 aliphatic carbocycles. The highest BCUT2D eigenvalue weighted by atomic mass is 79.9. The number of likely N-dealkylation sites (N-methyl/N-ethyl adjacent to an activating group) is 1. The molecule has 1 fully saturated rings. The van der Waals surface area contributed by atoms with E-state index >= 15 is 0 Å². The molecule has 0 saturated carbocycles. The molecule has 3 aromatic carbocycles. The number of hydrogen-bond acceptors (Lipinski definition) is 5. The van der Waals surface area contributed by atoms with Crippen LogP contribution in [0.5, 0.6) is 5.75 Å². The number of nitrogens with zero attached hydrogens (tertiary/aromatic N) is 2. The van der Waals surface area contributed by atoms with E-state index in [9.17, 15) is 14.7 Å². The van der Waals surface area contributed by atoms with Crippen LogP contribution < -0.4 is 4.74 Å². The highest BCUT2D eigenvalue weighted by Crippen LogP contribution is 2.40. The van der Waals surface area contributed by atoms with Gasteiger partial charge >= 0.3 is 0 Å². The summed E-state index contributed by atoms with van der Waals surface area (Å²) in [5.74, 6) is -0.820. The van der Waals surface area contributed by atoms with E-state index in [-0.39, 0.29) is 11.3 Å². The SMILES string of the molecule is CCN(CC)CCN1C(=O)C(=O)/C(=C(/O)c2ccc(OCc3ccccc3)cc2)C1c1cccc(Br)c1. The summed E-state index contributed by atoms with van der Waals surface area (Å²) in [6.45, 7) is 7.27. The first-order chi connectivity index (χ1) is 17.9. The Hall–Kier alpha value is -3.42. The fourth-order valence-corrected chi connectivity index (χ4v) is 4.95. The Labute approximate surface area is 226 Å². The molecule has 1 aliphatic rings. The average molecular weight is 563 g/mol. The van der Waals surface area contributed by atoms with E-state index in [1.54, 1.807) is 29.2 Å². The topological polar surface area (TPSA) is 70.1 Å². The minimum Gasteiger partial charge on any atom is -0.507 e. The Morgan fingerprint density at radius 1 is 0.973 bits per heavy atom. The first kappa shape index (κ1) is 26.6. The maximum Gasteiger partial charge on any atom is 0.295 e. The Kier molecular flexibility index (Phi) is 8.79. The molecule has 0 aromatic heterocycles. The van der Waals surface area contributed by atoms with Crippen LogP contribution in [0, 0.1) is 0 Å². The summed E-state index contributed by atoms with van der Waals surface area (Å²) in [6.07, 6.45) is 0. The third-order valence-electron chi connectivity index (χ3n) is 6.63. The third kappa shape index (κ3) is 6.12. The molecule has 1 unspecified atom stereocenters. The van der Waals surface area contributed by atoms with Gasteiger partial charge in [-0.3, -0.25) is 9.59 Å². The molecule has 192 valence electrons. The van der Waals surface area contributed by atoms with Gasteiger partial charge in [0.05, 0.1) is 11.6 Å². The minimum absolute atomic E-state index is 0.0978. The van der Waals surface area contributed by atoms with Crippen molar-refractivity contribution in [2.24, 2.45) is 0 Å². The number of carbonyl (C=O) groups excluding carboxylic acids is 2. The standard InChI is InChI=1S/C30H31BrN2O4/c1-3-32(4-2)17-18-33-27(23-11-8-12-24(31)19-23)26(29(35)30(33)36)28(34)22-13-15-25(16-14-22)37-20-21-9-6-5-7-10-21/h5-16,19,27,34H,3-4,17-18,20H2,1-2H3/b28-26+. The number of benzene rings is 3. The molecule has 1 atom stereocenters. The van der Waals surface area contributed by atoms with Crippen LogP contribution in [0.4, 0.5) is 0 Å². The number of likely N-dealkylation sites (tertiary alicyclic amines) is 1. The molecule has 0 spiro atoms. The third-order valence-corrected chi connectivity index (χ3v) is 7.13. The summed E-state index contributed by atoms with van der Waals surface area (Å²) in [5, 5.41) is 11.3. The van der Waals surface area contributed by atoms with Crippen LogP contribution in [-0.2, 0) is 16.2 Å². The Bertz CT molecular complexity index is 1270. The molecule has 1 saturated heterocycles. The monoisotopic (exact) mass is 562 g/mol. The van der Waals surface area contributed by atoms with E-state index in [4.69, 9.17) is 4.74 Å². The first-order valence-electron chi connectivity index (χ1n) is 12.5. The van der Waals surface area contributed by atoms with Crippen molar-refractivity contribution in [1.82, 2.24) is 9.80 Å². The van der Waals surface area contributed by atoms with Gasteiger partial charge in [0.25, 0.3) is 11.7 Å². The van der Waals surface area contributed by atoms with Crippen molar-refractivity contribution in [1.29, 1.82) is 0 Å². The molecule has 0 bridgehead atoms. The van der Waals surface area contributed by atoms with Gasteiger partial charge in [0.2, 0.25) is 0 Å². The van der Waals surface area contributed by atoms with Crippen molar-refractivity contribution < 1.29 is 19.4 Å². The molecule has 3 aromatic rings. The molecule has 37 heavy (non-hydrogen) atoms. The number of hydrogen-bond donors (Lipinski definition) is 1. The quantitative estimate of drug-likeness (QED) is 0.192. The summed E-state index contributed by atoms with van der Waals surface area (Å²) in [7, 11) is 0. The number of amides is 1. The number of Topliss-reactive ketones (excluding diaryl/α,β-unsaturated/α-hetero) is 1. The van der Waals surface area contributed by atoms with Gasteiger partial charge in [-0.2, -0.15) is 0 Å². The number of aliphatic hydroxyl groups excluding tert-OH is 1. The molecule has 7 heteroatoms. The van der Waals surface area contributed by atoms with Gasteiger partial charge < -0.3 is 19.6 Å². The van der Waals surface area contributed by atoms with Crippen LogP contribution in [0.15, 0.2) is 88.9 Å². The molecule has 1 amide bonds. The summed E-state index contributed by atoms with van der Waals surface area (Å²) >= 11 is 3.50. The Morgan fingerprint density at radius 3 is 2.32 bits per heavy atom. The number of ether oxygens (including phenoxy) is 1. The van der Waals surface area contributed by atoms with Gasteiger partial charge in [0.15, 0.2) is 0 Å². The predicted molar refractivity (Wildman–Crippen MR) is 148 cm³/mol.